The maximum Gasteiger partial charge on any atom is 0.222 e. The Morgan fingerprint density at radius 2 is 2.20 bits per heavy atom. The number of hydrogen-bond acceptors (Lipinski definition) is 4. The minimum absolute atomic E-state index is 0.124. The van der Waals surface area contributed by atoms with Gasteiger partial charge in [-0.15, -0.1) is 0 Å². The van der Waals surface area contributed by atoms with Crippen LogP contribution in [0.5, 0.6) is 0 Å². The fraction of sp³-hybridized carbons (Fsp3) is 0.714. The van der Waals surface area contributed by atoms with E-state index < -0.39 is 5.60 Å². The summed E-state index contributed by atoms with van der Waals surface area (Å²) in [6.07, 6.45) is 6.62. The van der Waals surface area contributed by atoms with Crippen LogP contribution in [0.4, 0.5) is 0 Å². The molecule has 0 aromatic carbocycles. The highest BCUT2D eigenvalue weighted by Crippen LogP contribution is 2.22. The molecule has 1 aromatic heterocycles. The van der Waals surface area contributed by atoms with Crippen LogP contribution in [0.1, 0.15) is 32.1 Å². The van der Waals surface area contributed by atoms with Crippen molar-refractivity contribution in [1.29, 1.82) is 0 Å². The minimum Gasteiger partial charge on any atom is -0.393 e. The zero-order chi connectivity index (χ0) is 14.4. The largest absolute Gasteiger partial charge is 0.393 e. The Morgan fingerprint density at radius 1 is 1.35 bits per heavy atom. The number of nitrogens with zero attached hydrogens (tertiary/aromatic N) is 3. The highest BCUT2D eigenvalue weighted by molar-refractivity contribution is 5.76. The fourth-order valence-electron chi connectivity index (χ4n) is 2.57. The third-order valence-corrected chi connectivity index (χ3v) is 3.90. The second-order valence-corrected chi connectivity index (χ2v) is 5.49. The highest BCUT2D eigenvalue weighted by Gasteiger charge is 2.30. The number of rotatable bonds is 5. The quantitative estimate of drug-likeness (QED) is 0.819. The summed E-state index contributed by atoms with van der Waals surface area (Å²) in [7, 11) is 0. The van der Waals surface area contributed by atoms with Crippen LogP contribution in [0.3, 0.4) is 0 Å². The first-order chi connectivity index (χ1) is 9.63. The predicted octanol–water partition coefficient (Wildman–Crippen LogP) is 0.399. The molecule has 1 aliphatic rings. The molecule has 0 saturated carbocycles. The van der Waals surface area contributed by atoms with Crippen molar-refractivity contribution in [3.63, 3.8) is 0 Å². The van der Waals surface area contributed by atoms with E-state index in [2.05, 4.69) is 5.10 Å². The van der Waals surface area contributed by atoms with Crippen LogP contribution in [0.2, 0.25) is 0 Å². The maximum atomic E-state index is 12.1. The molecule has 0 bridgehead atoms. The van der Waals surface area contributed by atoms with Gasteiger partial charge in [-0.3, -0.25) is 9.48 Å². The normalized spacial score (nSPS) is 23.6. The van der Waals surface area contributed by atoms with Gasteiger partial charge in [0.25, 0.3) is 0 Å². The summed E-state index contributed by atoms with van der Waals surface area (Å²) in [6, 6.07) is 1.87. The van der Waals surface area contributed by atoms with Crippen molar-refractivity contribution in [2.45, 2.75) is 44.2 Å². The molecule has 0 spiro atoms. The third kappa shape index (κ3) is 4.05. The minimum atomic E-state index is -1.01. The Kier molecular flexibility index (Phi) is 5.14. The molecule has 1 saturated heterocycles. The molecule has 6 heteroatoms. The average Bonchev–Trinajstić information content (AvgIpc) is 2.87. The number of aryl methyl sites for hydroxylation is 1. The smallest absolute Gasteiger partial charge is 0.222 e. The van der Waals surface area contributed by atoms with Crippen molar-refractivity contribution < 1.29 is 15.0 Å². The molecule has 1 amide bonds. The van der Waals surface area contributed by atoms with E-state index >= 15 is 0 Å². The van der Waals surface area contributed by atoms with E-state index in [9.17, 15) is 15.0 Å². The van der Waals surface area contributed by atoms with Gasteiger partial charge in [0.15, 0.2) is 0 Å². The van der Waals surface area contributed by atoms with Crippen LogP contribution in [-0.2, 0) is 11.3 Å². The zero-order valence-electron chi connectivity index (χ0n) is 11.7. The number of likely N-dealkylation sites (tertiary alicyclic amines) is 1. The molecule has 112 valence electrons. The molecule has 6 nitrogen and oxygen atoms in total. The molecule has 2 rings (SSSR count). The van der Waals surface area contributed by atoms with Crippen molar-refractivity contribution in [3.05, 3.63) is 18.5 Å². The van der Waals surface area contributed by atoms with Gasteiger partial charge in [0.1, 0.15) is 0 Å². The van der Waals surface area contributed by atoms with Gasteiger partial charge >= 0.3 is 0 Å². The highest BCUT2D eigenvalue weighted by atomic mass is 16.3. The number of amides is 1. The van der Waals surface area contributed by atoms with Gasteiger partial charge in [-0.05, 0) is 31.7 Å². The summed E-state index contributed by atoms with van der Waals surface area (Å²) in [6.45, 7) is 1.71. The molecule has 1 fully saturated rings. The van der Waals surface area contributed by atoms with Gasteiger partial charge in [0.05, 0.1) is 12.2 Å². The Labute approximate surface area is 119 Å². The summed E-state index contributed by atoms with van der Waals surface area (Å²) < 4.78 is 1.82. The first kappa shape index (κ1) is 15.0. The number of carbonyl (C=O) groups excluding carboxylic acids is 1. The van der Waals surface area contributed by atoms with Crippen LogP contribution >= 0.6 is 0 Å². The summed E-state index contributed by atoms with van der Waals surface area (Å²) in [5, 5.41) is 23.3. The van der Waals surface area contributed by atoms with Crippen LogP contribution in [0.25, 0.3) is 0 Å². The lowest BCUT2D eigenvalue weighted by Gasteiger charge is -2.24. The number of aliphatic hydroxyl groups is 2. The van der Waals surface area contributed by atoms with E-state index in [0.29, 0.717) is 32.4 Å². The van der Waals surface area contributed by atoms with Gasteiger partial charge < -0.3 is 15.1 Å². The fourth-order valence-corrected chi connectivity index (χ4v) is 2.57. The molecule has 1 aliphatic heterocycles. The van der Waals surface area contributed by atoms with E-state index in [1.165, 1.54) is 0 Å². The van der Waals surface area contributed by atoms with Gasteiger partial charge in [-0.1, -0.05) is 0 Å². The molecular weight excluding hydrogens is 258 g/mol. The van der Waals surface area contributed by atoms with Crippen molar-refractivity contribution in [3.8, 4) is 0 Å². The second kappa shape index (κ2) is 6.85. The second-order valence-electron chi connectivity index (χ2n) is 5.49. The first-order valence-corrected chi connectivity index (χ1v) is 7.21. The van der Waals surface area contributed by atoms with E-state index in [4.69, 9.17) is 0 Å². The molecule has 1 atom stereocenters. The Balaban J connectivity index is 1.75. The van der Waals surface area contributed by atoms with Crippen molar-refractivity contribution in [1.82, 2.24) is 14.7 Å². The lowest BCUT2D eigenvalue weighted by atomic mass is 9.96. The van der Waals surface area contributed by atoms with E-state index in [1.807, 2.05) is 16.9 Å². The summed E-state index contributed by atoms with van der Waals surface area (Å²) in [5.41, 5.74) is -1.01. The van der Waals surface area contributed by atoms with Crippen LogP contribution in [-0.4, -0.2) is 56.1 Å². The SMILES string of the molecule is O=C(CCCn1cccn1)N1CCC[C@@](O)(CO)CC1. The zero-order valence-corrected chi connectivity index (χ0v) is 11.7. The van der Waals surface area contributed by atoms with Crippen molar-refractivity contribution in [2.75, 3.05) is 19.7 Å². The van der Waals surface area contributed by atoms with E-state index in [-0.39, 0.29) is 12.5 Å². The molecule has 0 radical (unpaired) electrons. The number of carbonyl (C=O) groups is 1. The Hall–Kier alpha value is -1.40. The van der Waals surface area contributed by atoms with Gasteiger partial charge in [0, 0.05) is 38.4 Å². The van der Waals surface area contributed by atoms with Crippen LogP contribution in [0, 0.1) is 0 Å². The van der Waals surface area contributed by atoms with Crippen LogP contribution < -0.4 is 0 Å². The Morgan fingerprint density at radius 3 is 2.90 bits per heavy atom. The number of aromatic nitrogens is 2. The molecule has 2 heterocycles. The maximum absolute atomic E-state index is 12.1. The van der Waals surface area contributed by atoms with E-state index in [1.54, 1.807) is 11.1 Å². The summed E-state index contributed by atoms with van der Waals surface area (Å²) >= 11 is 0. The van der Waals surface area contributed by atoms with Gasteiger partial charge in [0.2, 0.25) is 5.91 Å². The molecule has 2 N–H and O–H groups in total. The molecule has 20 heavy (non-hydrogen) atoms. The topological polar surface area (TPSA) is 78.6 Å². The Bertz CT molecular complexity index is 421. The first-order valence-electron chi connectivity index (χ1n) is 7.21. The lowest BCUT2D eigenvalue weighted by Crippen LogP contribution is -2.36. The van der Waals surface area contributed by atoms with Crippen molar-refractivity contribution in [2.24, 2.45) is 0 Å². The molecule has 0 unspecified atom stereocenters. The van der Waals surface area contributed by atoms with Crippen LogP contribution in [0.15, 0.2) is 18.5 Å². The summed E-state index contributed by atoms with van der Waals surface area (Å²) in [4.78, 5) is 13.9. The van der Waals surface area contributed by atoms with E-state index in [0.717, 1.165) is 19.4 Å². The third-order valence-electron chi connectivity index (χ3n) is 3.90. The average molecular weight is 281 g/mol. The molecular formula is C14H23N3O3. The molecule has 1 aromatic rings. The predicted molar refractivity (Wildman–Crippen MR) is 73.9 cm³/mol. The summed E-state index contributed by atoms with van der Waals surface area (Å²) in [5.74, 6) is 0.124. The van der Waals surface area contributed by atoms with Gasteiger partial charge in [-0.2, -0.15) is 5.10 Å². The standard InChI is InChI=1S/C14H23N3O3/c18-12-14(20)5-2-8-16(11-6-14)13(19)4-1-9-17-10-3-7-15-17/h3,7,10,18,20H,1-2,4-6,8-9,11-12H2/t14-/m0/s1. The monoisotopic (exact) mass is 281 g/mol. The molecule has 0 aliphatic carbocycles. The number of hydrogen-bond donors (Lipinski definition) is 2. The van der Waals surface area contributed by atoms with Crippen molar-refractivity contribution >= 4 is 5.91 Å². The van der Waals surface area contributed by atoms with Gasteiger partial charge in [-0.25, -0.2) is 0 Å². The lowest BCUT2D eigenvalue weighted by molar-refractivity contribution is -0.131. The number of aliphatic hydroxyl groups excluding tert-OH is 1.